The Balaban J connectivity index is 5.23. The summed E-state index contributed by atoms with van der Waals surface area (Å²) >= 11 is 0. The normalized spacial score (nSPS) is 15.1. The van der Waals surface area contributed by atoms with E-state index >= 15 is 0 Å². The minimum absolute atomic E-state index is 0.490. The lowest BCUT2D eigenvalue weighted by molar-refractivity contribution is 0.177. The van der Waals surface area contributed by atoms with Crippen LogP contribution in [0.3, 0.4) is 0 Å². The van der Waals surface area contributed by atoms with Crippen LogP contribution in [0.25, 0.3) is 0 Å². The molecule has 2 nitrogen and oxygen atoms in total. The largest absolute Gasteiger partial charge is 0.400 e. The van der Waals surface area contributed by atoms with Gasteiger partial charge >= 0.3 is 6.16 Å². The number of nitrogens with zero attached hydrogens (tertiary/aromatic N) is 1. The van der Waals surface area contributed by atoms with E-state index < -0.39 is 56.8 Å². The van der Waals surface area contributed by atoms with E-state index in [1.54, 1.807) is 34.8 Å². The molecule has 0 aromatic heterocycles. The zero-order valence-corrected chi connectivity index (χ0v) is 29.5. The third-order valence-electron chi connectivity index (χ3n) is 6.85. The van der Waals surface area contributed by atoms with E-state index in [1.165, 1.54) is 10.9 Å². The van der Waals surface area contributed by atoms with Crippen molar-refractivity contribution in [1.29, 1.82) is 0 Å². The Morgan fingerprint density at radius 3 is 1.58 bits per heavy atom. The smallest absolute Gasteiger partial charge is 0.315 e. The Morgan fingerprint density at radius 1 is 0.774 bits per heavy atom. The van der Waals surface area contributed by atoms with Crippen LogP contribution in [-0.2, 0) is 0 Å². The van der Waals surface area contributed by atoms with E-state index in [0.717, 1.165) is 6.42 Å². The summed E-state index contributed by atoms with van der Waals surface area (Å²) in [7, 11) is -5.19. The molecule has 0 heterocycles. The van der Waals surface area contributed by atoms with Crippen molar-refractivity contribution in [1.82, 2.24) is 4.90 Å². The number of hydrogen-bond donors (Lipinski definition) is 0. The van der Waals surface area contributed by atoms with Gasteiger partial charge in [-0.2, -0.15) is 0 Å². The third-order valence-corrected chi connectivity index (χ3v) is 40.8. The van der Waals surface area contributed by atoms with Crippen LogP contribution in [0, 0.1) is 0 Å². The first-order valence-electron chi connectivity index (χ1n) is 13.0. The average molecular weight is 538 g/mol. The fraction of sp³-hybridized carbons (Fsp3) is 0.955. The monoisotopic (exact) mass is 537 g/mol. The first-order chi connectivity index (χ1) is 14.0. The Hall–Kier alpha value is 0.701. The van der Waals surface area contributed by atoms with E-state index in [0.29, 0.717) is 13.1 Å². The topological polar surface area (TPSA) is 20.3 Å². The standard InChI is InChI=1S/C22H56FNOSi6/c1-12-24(22(23)25)14-13-15-29(8,9)21-31(11,20-28(6)7)17-16-30(10,18-26(2)3)19-27(4)5/h26-28H,12-21H2,1-11H3. The molecule has 0 bridgehead atoms. The minimum Gasteiger partial charge on any atom is -0.315 e. The van der Waals surface area contributed by atoms with Gasteiger partial charge in [0, 0.05) is 63.7 Å². The molecule has 0 spiro atoms. The van der Waals surface area contributed by atoms with Gasteiger partial charge in [0.05, 0.1) is 0 Å². The van der Waals surface area contributed by atoms with Crippen LogP contribution in [0.2, 0.25) is 106 Å². The molecule has 31 heavy (non-hydrogen) atoms. The Labute approximate surface area is 203 Å². The molecule has 1 atom stereocenters. The molecular formula is C22H56FNOSi6. The first-order valence-corrected chi connectivity index (χ1v) is 32.0. The second kappa shape index (κ2) is 14.2. The summed E-state index contributed by atoms with van der Waals surface area (Å²) in [5.41, 5.74) is 6.47. The molecule has 0 N–H and O–H groups in total. The molecular weight excluding hydrogens is 482 g/mol. The van der Waals surface area contributed by atoms with Crippen molar-refractivity contribution in [2.45, 2.75) is 120 Å². The highest BCUT2D eigenvalue weighted by atomic mass is 28.4. The fourth-order valence-corrected chi connectivity index (χ4v) is 53.2. The molecule has 186 valence electrons. The second-order valence-corrected chi connectivity index (χ2v) is 40.9. The van der Waals surface area contributed by atoms with Crippen molar-refractivity contribution in [2.24, 2.45) is 0 Å². The van der Waals surface area contributed by atoms with Gasteiger partial charge in [0.25, 0.3) is 0 Å². The second-order valence-electron chi connectivity index (χ2n) is 13.2. The summed E-state index contributed by atoms with van der Waals surface area (Å²) in [6, 6.07) is 4.44. The van der Waals surface area contributed by atoms with Gasteiger partial charge in [0.1, 0.15) is 0 Å². The van der Waals surface area contributed by atoms with Gasteiger partial charge in [0.2, 0.25) is 0 Å². The van der Waals surface area contributed by atoms with Crippen molar-refractivity contribution in [3.8, 4) is 0 Å². The zero-order valence-electron chi connectivity index (χ0n) is 23.0. The highest BCUT2D eigenvalue weighted by molar-refractivity contribution is 7.01. The van der Waals surface area contributed by atoms with Crippen LogP contribution in [0.15, 0.2) is 0 Å². The molecule has 0 radical (unpaired) electrons. The van der Waals surface area contributed by atoms with Crippen molar-refractivity contribution >= 4 is 56.8 Å². The molecule has 0 aliphatic rings. The van der Waals surface area contributed by atoms with Crippen molar-refractivity contribution in [3.63, 3.8) is 0 Å². The van der Waals surface area contributed by atoms with Crippen LogP contribution >= 0.6 is 0 Å². The zero-order chi connectivity index (χ0) is 24.5. The summed E-state index contributed by atoms with van der Waals surface area (Å²) in [4.78, 5) is 12.5. The maximum Gasteiger partial charge on any atom is 0.400 e. The van der Waals surface area contributed by atoms with E-state index in [2.05, 4.69) is 65.5 Å². The van der Waals surface area contributed by atoms with Crippen LogP contribution < -0.4 is 0 Å². The molecule has 0 rings (SSSR count). The lowest BCUT2D eigenvalue weighted by Gasteiger charge is -2.40. The molecule has 1 unspecified atom stereocenters. The Morgan fingerprint density at radius 2 is 1.19 bits per heavy atom. The first kappa shape index (κ1) is 31.7. The quantitative estimate of drug-likeness (QED) is 0.115. The molecule has 0 aromatic carbocycles. The van der Waals surface area contributed by atoms with Crippen LogP contribution in [0.4, 0.5) is 9.18 Å². The van der Waals surface area contributed by atoms with Crippen LogP contribution in [0.1, 0.15) is 13.3 Å². The summed E-state index contributed by atoms with van der Waals surface area (Å²) in [6.07, 6.45) is -0.268. The van der Waals surface area contributed by atoms with E-state index in [1.807, 2.05) is 6.92 Å². The van der Waals surface area contributed by atoms with Gasteiger partial charge < -0.3 is 4.90 Å². The van der Waals surface area contributed by atoms with Gasteiger partial charge in [-0.15, -0.1) is 4.39 Å². The predicted molar refractivity (Wildman–Crippen MR) is 159 cm³/mol. The minimum atomic E-state index is -1.32. The number of halogens is 1. The molecule has 0 saturated heterocycles. The summed E-state index contributed by atoms with van der Waals surface area (Å²) in [6.45, 7) is 29.0. The number of rotatable bonds is 16. The number of carbonyl (C=O) groups is 1. The molecule has 1 amide bonds. The van der Waals surface area contributed by atoms with Crippen molar-refractivity contribution < 1.29 is 9.18 Å². The predicted octanol–water partition coefficient (Wildman–Crippen LogP) is 7.27. The average Bonchev–Trinajstić information content (AvgIpc) is 2.54. The summed E-state index contributed by atoms with van der Waals surface area (Å²) < 4.78 is 13.1. The van der Waals surface area contributed by atoms with Gasteiger partial charge in [-0.3, -0.25) is 0 Å². The molecule has 9 heteroatoms. The molecule has 0 aliphatic heterocycles. The van der Waals surface area contributed by atoms with E-state index in [9.17, 15) is 9.18 Å². The molecule has 0 fully saturated rings. The fourth-order valence-electron chi connectivity index (χ4n) is 6.47. The summed E-state index contributed by atoms with van der Waals surface area (Å²) in [5.74, 6) is 0. The van der Waals surface area contributed by atoms with Crippen LogP contribution in [-0.4, -0.2) is 74.8 Å². The van der Waals surface area contributed by atoms with Gasteiger partial charge in [0.15, 0.2) is 0 Å². The third kappa shape index (κ3) is 14.5. The highest BCUT2D eigenvalue weighted by Gasteiger charge is 2.39. The van der Waals surface area contributed by atoms with Gasteiger partial charge in [-0.1, -0.05) is 106 Å². The van der Waals surface area contributed by atoms with E-state index in [-0.39, 0.29) is 0 Å². The number of amides is 1. The molecule has 0 aromatic rings. The Kier molecular flexibility index (Phi) is 14.5. The van der Waals surface area contributed by atoms with Gasteiger partial charge in [-0.25, -0.2) is 4.79 Å². The van der Waals surface area contributed by atoms with Crippen LogP contribution in [0.5, 0.6) is 0 Å². The highest BCUT2D eigenvalue weighted by Crippen LogP contribution is 2.36. The number of hydrogen-bond acceptors (Lipinski definition) is 1. The lowest BCUT2D eigenvalue weighted by atomic mass is 10.4. The van der Waals surface area contributed by atoms with Gasteiger partial charge in [-0.05, 0) is 13.3 Å². The SMILES string of the molecule is CCN(CCC[Si](C)(C)C[Si](C)(CC[Si](C)(C[SiH](C)C)C[SiH](C)C)C[SiH](C)C)C(=O)F. The maximum absolute atomic E-state index is 13.1. The Bertz CT molecular complexity index is 522. The van der Waals surface area contributed by atoms with Crippen molar-refractivity contribution in [2.75, 3.05) is 13.1 Å². The van der Waals surface area contributed by atoms with Crippen molar-refractivity contribution in [3.05, 3.63) is 0 Å². The van der Waals surface area contributed by atoms with E-state index in [4.69, 9.17) is 0 Å². The lowest BCUT2D eigenvalue weighted by Crippen LogP contribution is -2.46. The number of carbonyl (C=O) groups excluding carboxylic acids is 1. The molecule has 0 aliphatic carbocycles. The molecule has 0 saturated carbocycles. The maximum atomic E-state index is 13.1. The summed E-state index contributed by atoms with van der Waals surface area (Å²) in [5, 5.41) is 0.